The molecule has 25 heavy (non-hydrogen) atoms. The number of benzene rings is 2. The highest BCUT2D eigenvalue weighted by Crippen LogP contribution is 2.26. The van der Waals surface area contributed by atoms with Gasteiger partial charge in [0.2, 0.25) is 0 Å². The van der Waals surface area contributed by atoms with Crippen LogP contribution in [0.15, 0.2) is 48.5 Å². The van der Waals surface area contributed by atoms with Crippen LogP contribution in [0.25, 0.3) is 0 Å². The molecule has 0 saturated carbocycles. The number of carbonyl (C=O) groups is 2. The number of aryl methyl sites for hydroxylation is 2. The smallest absolute Gasteiger partial charge is 0.332 e. The van der Waals surface area contributed by atoms with Gasteiger partial charge in [-0.05, 0) is 45.0 Å². The number of amides is 3. The molecule has 0 N–H and O–H groups in total. The third-order valence-electron chi connectivity index (χ3n) is 4.36. The maximum Gasteiger partial charge on any atom is 0.332 e. The van der Waals surface area contributed by atoms with Crippen molar-refractivity contribution in [2.24, 2.45) is 0 Å². The second-order valence-electron chi connectivity index (χ2n) is 6.32. The number of anilines is 1. The average molecular weight is 338 g/mol. The van der Waals surface area contributed by atoms with Crippen LogP contribution in [-0.4, -0.2) is 36.0 Å². The zero-order valence-electron chi connectivity index (χ0n) is 14.7. The van der Waals surface area contributed by atoms with Crippen LogP contribution in [-0.2, 0) is 4.79 Å². The number of hydrogen-bond acceptors (Lipinski definition) is 3. The van der Waals surface area contributed by atoms with Crippen LogP contribution >= 0.6 is 0 Å². The van der Waals surface area contributed by atoms with Gasteiger partial charge in [-0.25, -0.2) is 4.79 Å². The molecule has 3 amide bonds. The van der Waals surface area contributed by atoms with Gasteiger partial charge in [0, 0.05) is 5.69 Å². The first-order chi connectivity index (χ1) is 12.0. The lowest BCUT2D eigenvalue weighted by molar-refractivity contribution is -0.127. The number of imide groups is 1. The van der Waals surface area contributed by atoms with E-state index in [9.17, 15) is 9.59 Å². The van der Waals surface area contributed by atoms with Gasteiger partial charge in [0.1, 0.15) is 18.4 Å². The molecule has 1 fully saturated rings. The quantitative estimate of drug-likeness (QED) is 0.784. The first-order valence-corrected chi connectivity index (χ1v) is 8.38. The molecule has 130 valence electrons. The number of hydrogen-bond donors (Lipinski definition) is 0. The standard InChI is InChI=1S/C20H22N2O3/c1-14-4-8-17(9-5-14)22-16(3)19(23)21(20(22)24)12-13-25-18-10-6-15(2)7-11-18/h4-11,16H,12-13H2,1-3H3. The molecule has 1 aliphatic rings. The minimum atomic E-state index is -0.505. The zero-order chi connectivity index (χ0) is 18.0. The Hall–Kier alpha value is -2.82. The summed E-state index contributed by atoms with van der Waals surface area (Å²) in [4.78, 5) is 27.9. The molecule has 1 heterocycles. The molecule has 0 radical (unpaired) electrons. The Labute approximate surface area is 147 Å². The van der Waals surface area contributed by atoms with E-state index in [0.717, 1.165) is 22.6 Å². The largest absolute Gasteiger partial charge is 0.492 e. The summed E-state index contributed by atoms with van der Waals surface area (Å²) in [7, 11) is 0. The molecule has 3 rings (SSSR count). The van der Waals surface area contributed by atoms with Crippen LogP contribution in [0.1, 0.15) is 18.1 Å². The zero-order valence-corrected chi connectivity index (χ0v) is 14.7. The van der Waals surface area contributed by atoms with Crippen molar-refractivity contribution in [3.63, 3.8) is 0 Å². The molecule has 0 aliphatic carbocycles. The first kappa shape index (κ1) is 17.0. The molecular formula is C20H22N2O3. The van der Waals surface area contributed by atoms with Gasteiger partial charge >= 0.3 is 6.03 Å². The van der Waals surface area contributed by atoms with Crippen LogP contribution in [0.3, 0.4) is 0 Å². The van der Waals surface area contributed by atoms with E-state index in [0.29, 0.717) is 0 Å². The summed E-state index contributed by atoms with van der Waals surface area (Å²) >= 11 is 0. The van der Waals surface area contributed by atoms with Crippen LogP contribution in [0.4, 0.5) is 10.5 Å². The minimum absolute atomic E-state index is 0.196. The molecule has 0 spiro atoms. The number of carbonyl (C=O) groups excluding carboxylic acids is 2. The van der Waals surface area contributed by atoms with Crippen molar-refractivity contribution in [3.8, 4) is 5.75 Å². The van der Waals surface area contributed by atoms with E-state index in [4.69, 9.17) is 4.74 Å². The molecule has 5 nitrogen and oxygen atoms in total. The topological polar surface area (TPSA) is 49.9 Å². The van der Waals surface area contributed by atoms with Crippen molar-refractivity contribution >= 4 is 17.6 Å². The second kappa shape index (κ2) is 6.97. The van der Waals surface area contributed by atoms with Gasteiger partial charge in [0.25, 0.3) is 5.91 Å². The molecular weight excluding hydrogens is 316 g/mol. The predicted octanol–water partition coefficient (Wildman–Crippen LogP) is 3.54. The summed E-state index contributed by atoms with van der Waals surface area (Å²) in [6.07, 6.45) is 0. The maximum atomic E-state index is 12.7. The number of nitrogens with zero attached hydrogens (tertiary/aromatic N) is 2. The highest BCUT2D eigenvalue weighted by atomic mass is 16.5. The normalized spacial score (nSPS) is 17.3. The van der Waals surface area contributed by atoms with E-state index >= 15 is 0 Å². The van der Waals surface area contributed by atoms with Crippen LogP contribution in [0.2, 0.25) is 0 Å². The van der Waals surface area contributed by atoms with E-state index in [1.54, 1.807) is 6.92 Å². The fourth-order valence-electron chi connectivity index (χ4n) is 2.86. The van der Waals surface area contributed by atoms with Gasteiger partial charge < -0.3 is 4.74 Å². The van der Waals surface area contributed by atoms with E-state index in [1.165, 1.54) is 9.80 Å². The number of rotatable bonds is 5. The van der Waals surface area contributed by atoms with Crippen molar-refractivity contribution in [2.75, 3.05) is 18.1 Å². The molecule has 0 bridgehead atoms. The molecule has 2 aromatic carbocycles. The molecule has 1 atom stereocenters. The summed E-state index contributed by atoms with van der Waals surface area (Å²) < 4.78 is 5.65. The Bertz CT molecular complexity index is 769. The lowest BCUT2D eigenvalue weighted by Crippen LogP contribution is -2.36. The van der Waals surface area contributed by atoms with Crippen molar-refractivity contribution in [3.05, 3.63) is 59.7 Å². The lowest BCUT2D eigenvalue weighted by Gasteiger charge is -2.19. The van der Waals surface area contributed by atoms with Gasteiger partial charge in [0.15, 0.2) is 0 Å². The van der Waals surface area contributed by atoms with Gasteiger partial charge in [-0.1, -0.05) is 35.4 Å². The Balaban J connectivity index is 1.65. The van der Waals surface area contributed by atoms with E-state index in [1.807, 2.05) is 62.4 Å². The Morgan fingerprint density at radius 2 is 1.48 bits per heavy atom. The first-order valence-electron chi connectivity index (χ1n) is 8.38. The third kappa shape index (κ3) is 3.50. The van der Waals surface area contributed by atoms with Crippen LogP contribution in [0, 0.1) is 13.8 Å². The van der Waals surface area contributed by atoms with Crippen LogP contribution in [0.5, 0.6) is 5.75 Å². The van der Waals surface area contributed by atoms with E-state index in [2.05, 4.69) is 0 Å². The molecule has 1 aliphatic heterocycles. The second-order valence-corrected chi connectivity index (χ2v) is 6.32. The summed E-state index contributed by atoms with van der Waals surface area (Å²) in [5, 5.41) is 0. The number of ether oxygens (including phenoxy) is 1. The SMILES string of the molecule is Cc1ccc(OCCN2C(=O)C(C)N(c3ccc(C)cc3)C2=O)cc1. The maximum absolute atomic E-state index is 12.7. The monoisotopic (exact) mass is 338 g/mol. The third-order valence-corrected chi connectivity index (χ3v) is 4.36. The highest BCUT2D eigenvalue weighted by Gasteiger charge is 2.42. The van der Waals surface area contributed by atoms with Gasteiger partial charge in [0.05, 0.1) is 6.54 Å². The van der Waals surface area contributed by atoms with Crippen LogP contribution < -0.4 is 9.64 Å². The average Bonchev–Trinajstić information content (AvgIpc) is 2.81. The van der Waals surface area contributed by atoms with Gasteiger partial charge in [-0.3, -0.25) is 14.6 Å². The summed E-state index contributed by atoms with van der Waals surface area (Å²) in [6.45, 7) is 6.25. The summed E-state index contributed by atoms with van der Waals surface area (Å²) in [5.41, 5.74) is 3.00. The minimum Gasteiger partial charge on any atom is -0.492 e. The lowest BCUT2D eigenvalue weighted by atomic mass is 10.2. The summed E-state index contributed by atoms with van der Waals surface area (Å²) in [6, 6.07) is 14.5. The highest BCUT2D eigenvalue weighted by molar-refractivity contribution is 6.14. The van der Waals surface area contributed by atoms with E-state index in [-0.39, 0.29) is 25.1 Å². The molecule has 5 heteroatoms. The fourth-order valence-corrected chi connectivity index (χ4v) is 2.86. The van der Waals surface area contributed by atoms with Crippen molar-refractivity contribution in [1.82, 2.24) is 4.90 Å². The molecule has 1 unspecified atom stereocenters. The summed E-state index contributed by atoms with van der Waals surface area (Å²) in [5.74, 6) is 0.534. The predicted molar refractivity (Wildman–Crippen MR) is 96.9 cm³/mol. The van der Waals surface area contributed by atoms with Crippen molar-refractivity contribution < 1.29 is 14.3 Å². The Morgan fingerprint density at radius 3 is 2.08 bits per heavy atom. The van der Waals surface area contributed by atoms with Crippen molar-refractivity contribution in [1.29, 1.82) is 0 Å². The number of urea groups is 1. The Kier molecular flexibility index (Phi) is 4.74. The van der Waals surface area contributed by atoms with Gasteiger partial charge in [-0.15, -0.1) is 0 Å². The molecule has 0 aromatic heterocycles. The van der Waals surface area contributed by atoms with Gasteiger partial charge in [-0.2, -0.15) is 0 Å². The molecule has 2 aromatic rings. The fraction of sp³-hybridized carbons (Fsp3) is 0.300. The Morgan fingerprint density at radius 1 is 0.920 bits per heavy atom. The molecule has 1 saturated heterocycles. The van der Waals surface area contributed by atoms with Crippen molar-refractivity contribution in [2.45, 2.75) is 26.8 Å². The van der Waals surface area contributed by atoms with E-state index < -0.39 is 6.04 Å².